The van der Waals surface area contributed by atoms with Crippen molar-refractivity contribution in [2.45, 2.75) is 45.2 Å². The number of amides is 1. The molecule has 0 spiro atoms. The molecule has 1 saturated heterocycles. The fourth-order valence-electron chi connectivity index (χ4n) is 1.70. The van der Waals surface area contributed by atoms with E-state index in [2.05, 4.69) is 17.6 Å². The summed E-state index contributed by atoms with van der Waals surface area (Å²) in [5.41, 5.74) is 0. The van der Waals surface area contributed by atoms with Gasteiger partial charge in [0.2, 0.25) is 5.91 Å². The molecule has 88 valence electrons. The molecule has 2 unspecified atom stereocenters. The summed E-state index contributed by atoms with van der Waals surface area (Å²) in [6.07, 6.45) is 3.47. The van der Waals surface area contributed by atoms with Crippen LogP contribution in [0.3, 0.4) is 0 Å². The van der Waals surface area contributed by atoms with Crippen molar-refractivity contribution in [1.82, 2.24) is 10.6 Å². The molecule has 1 heterocycles. The van der Waals surface area contributed by atoms with Crippen LogP contribution in [0.25, 0.3) is 0 Å². The second-order valence-corrected chi connectivity index (χ2v) is 5.24. The molecule has 4 heteroatoms. The predicted molar refractivity (Wildman–Crippen MR) is 66.2 cm³/mol. The van der Waals surface area contributed by atoms with Crippen molar-refractivity contribution in [1.29, 1.82) is 0 Å². The second kappa shape index (κ2) is 7.12. The smallest absolute Gasteiger partial charge is 0.236 e. The Morgan fingerprint density at radius 1 is 1.60 bits per heavy atom. The van der Waals surface area contributed by atoms with E-state index in [4.69, 9.17) is 0 Å². The highest BCUT2D eigenvalue weighted by atomic mass is 32.2. The first-order valence-corrected chi connectivity index (χ1v) is 7.01. The molecule has 0 aromatic carbocycles. The van der Waals surface area contributed by atoms with Gasteiger partial charge in [0.1, 0.15) is 0 Å². The van der Waals surface area contributed by atoms with E-state index in [1.807, 2.05) is 18.7 Å². The van der Waals surface area contributed by atoms with Crippen LogP contribution in [0.1, 0.15) is 33.1 Å². The number of hydrogen-bond donors (Lipinski definition) is 2. The molecule has 1 aliphatic rings. The van der Waals surface area contributed by atoms with Gasteiger partial charge in [-0.25, -0.2) is 0 Å². The van der Waals surface area contributed by atoms with Crippen LogP contribution < -0.4 is 10.6 Å². The van der Waals surface area contributed by atoms with Gasteiger partial charge in [-0.05, 0) is 31.9 Å². The molecule has 0 aromatic rings. The van der Waals surface area contributed by atoms with Crippen molar-refractivity contribution < 1.29 is 4.79 Å². The molecule has 3 nitrogen and oxygen atoms in total. The Hall–Kier alpha value is -0.220. The molecular weight excluding hydrogens is 208 g/mol. The molecule has 2 atom stereocenters. The molecule has 0 radical (unpaired) electrons. The fraction of sp³-hybridized carbons (Fsp3) is 0.909. The van der Waals surface area contributed by atoms with Crippen molar-refractivity contribution in [3.05, 3.63) is 0 Å². The van der Waals surface area contributed by atoms with Gasteiger partial charge >= 0.3 is 0 Å². The predicted octanol–water partition coefficient (Wildman–Crippen LogP) is 1.39. The summed E-state index contributed by atoms with van der Waals surface area (Å²) >= 11 is 1.98. The average Bonchev–Trinajstić information content (AvgIpc) is 2.27. The summed E-state index contributed by atoms with van der Waals surface area (Å²) in [6.45, 7) is 4.80. The largest absolute Gasteiger partial charge is 0.355 e. The lowest BCUT2D eigenvalue weighted by atomic mass is 10.1. The van der Waals surface area contributed by atoms with E-state index in [0.29, 0.717) is 6.04 Å². The van der Waals surface area contributed by atoms with Crippen molar-refractivity contribution in [3.8, 4) is 0 Å². The van der Waals surface area contributed by atoms with Gasteiger partial charge in [-0.3, -0.25) is 4.79 Å². The van der Waals surface area contributed by atoms with Gasteiger partial charge in [-0.1, -0.05) is 6.92 Å². The van der Waals surface area contributed by atoms with Gasteiger partial charge < -0.3 is 10.6 Å². The standard InChI is InChI=1S/C11H22N2OS/c1-3-6-12-11(14)9(2)13-10-5-4-7-15-8-10/h9-10,13H,3-8H2,1-2H3,(H,12,14). The number of thioether (sulfide) groups is 1. The van der Waals surface area contributed by atoms with E-state index in [1.165, 1.54) is 18.6 Å². The Balaban J connectivity index is 2.20. The van der Waals surface area contributed by atoms with Gasteiger partial charge in [0, 0.05) is 18.3 Å². The van der Waals surface area contributed by atoms with Gasteiger partial charge in [-0.15, -0.1) is 0 Å². The topological polar surface area (TPSA) is 41.1 Å². The van der Waals surface area contributed by atoms with E-state index in [1.54, 1.807) is 0 Å². The zero-order chi connectivity index (χ0) is 11.1. The number of carbonyl (C=O) groups excluding carboxylic acids is 1. The highest BCUT2D eigenvalue weighted by Crippen LogP contribution is 2.17. The van der Waals surface area contributed by atoms with Crippen LogP contribution >= 0.6 is 11.8 Å². The first kappa shape index (κ1) is 12.8. The molecule has 1 rings (SSSR count). The van der Waals surface area contributed by atoms with Crippen molar-refractivity contribution in [2.75, 3.05) is 18.1 Å². The van der Waals surface area contributed by atoms with E-state index in [-0.39, 0.29) is 11.9 Å². The molecule has 0 aliphatic carbocycles. The van der Waals surface area contributed by atoms with Crippen LogP contribution in [0.4, 0.5) is 0 Å². The summed E-state index contributed by atoms with van der Waals surface area (Å²) in [5, 5.41) is 6.31. The molecule has 1 fully saturated rings. The first-order valence-electron chi connectivity index (χ1n) is 5.85. The number of nitrogens with one attached hydrogen (secondary N) is 2. The molecule has 1 amide bonds. The van der Waals surface area contributed by atoms with E-state index >= 15 is 0 Å². The molecule has 1 aliphatic heterocycles. The normalized spacial score (nSPS) is 23.5. The third-order valence-electron chi connectivity index (χ3n) is 2.59. The summed E-state index contributed by atoms with van der Waals surface area (Å²) in [5.74, 6) is 2.55. The number of rotatable bonds is 5. The Kier molecular flexibility index (Phi) is 6.10. The second-order valence-electron chi connectivity index (χ2n) is 4.09. The summed E-state index contributed by atoms with van der Waals surface area (Å²) in [7, 11) is 0. The van der Waals surface area contributed by atoms with Crippen LogP contribution in [0.15, 0.2) is 0 Å². The fourth-order valence-corrected chi connectivity index (χ4v) is 2.79. The van der Waals surface area contributed by atoms with Gasteiger partial charge in [0.25, 0.3) is 0 Å². The minimum atomic E-state index is -0.0553. The molecule has 0 bridgehead atoms. The third-order valence-corrected chi connectivity index (χ3v) is 3.80. The Morgan fingerprint density at radius 2 is 2.40 bits per heavy atom. The van der Waals surface area contributed by atoms with Gasteiger partial charge in [-0.2, -0.15) is 11.8 Å². The Bertz CT molecular complexity index is 193. The Morgan fingerprint density at radius 3 is 3.00 bits per heavy atom. The van der Waals surface area contributed by atoms with E-state index in [9.17, 15) is 4.79 Å². The lowest BCUT2D eigenvalue weighted by Gasteiger charge is -2.25. The Labute approximate surface area is 96.8 Å². The minimum absolute atomic E-state index is 0.0553. The van der Waals surface area contributed by atoms with Gasteiger partial charge in [0.15, 0.2) is 0 Å². The number of hydrogen-bond acceptors (Lipinski definition) is 3. The van der Waals surface area contributed by atoms with Gasteiger partial charge in [0.05, 0.1) is 6.04 Å². The SMILES string of the molecule is CCCNC(=O)C(C)NC1CCCSC1. The van der Waals surface area contributed by atoms with Crippen LogP contribution in [0.2, 0.25) is 0 Å². The summed E-state index contributed by atoms with van der Waals surface area (Å²) in [6, 6.07) is 0.464. The van der Waals surface area contributed by atoms with Crippen LogP contribution in [-0.4, -0.2) is 36.0 Å². The average molecular weight is 230 g/mol. The third kappa shape index (κ3) is 4.89. The minimum Gasteiger partial charge on any atom is -0.355 e. The maximum atomic E-state index is 11.6. The highest BCUT2D eigenvalue weighted by molar-refractivity contribution is 7.99. The zero-order valence-electron chi connectivity index (χ0n) is 9.71. The molecular formula is C11H22N2OS. The lowest BCUT2D eigenvalue weighted by molar-refractivity contribution is -0.122. The van der Waals surface area contributed by atoms with Crippen LogP contribution in [-0.2, 0) is 4.79 Å². The quantitative estimate of drug-likeness (QED) is 0.750. The zero-order valence-corrected chi connectivity index (χ0v) is 10.5. The van der Waals surface area contributed by atoms with Crippen molar-refractivity contribution in [2.24, 2.45) is 0 Å². The highest BCUT2D eigenvalue weighted by Gasteiger charge is 2.19. The summed E-state index contributed by atoms with van der Waals surface area (Å²) in [4.78, 5) is 11.6. The van der Waals surface area contributed by atoms with E-state index in [0.717, 1.165) is 18.7 Å². The maximum Gasteiger partial charge on any atom is 0.236 e. The molecule has 15 heavy (non-hydrogen) atoms. The van der Waals surface area contributed by atoms with Crippen LogP contribution in [0, 0.1) is 0 Å². The van der Waals surface area contributed by atoms with Crippen LogP contribution in [0.5, 0.6) is 0 Å². The monoisotopic (exact) mass is 230 g/mol. The van der Waals surface area contributed by atoms with Crippen molar-refractivity contribution in [3.63, 3.8) is 0 Å². The number of carbonyl (C=O) groups is 1. The first-order chi connectivity index (χ1) is 7.24. The van der Waals surface area contributed by atoms with Crippen molar-refractivity contribution >= 4 is 17.7 Å². The molecule has 2 N–H and O–H groups in total. The summed E-state index contributed by atoms with van der Waals surface area (Å²) < 4.78 is 0. The molecule has 0 aromatic heterocycles. The maximum absolute atomic E-state index is 11.6. The van der Waals surface area contributed by atoms with E-state index < -0.39 is 0 Å². The molecule has 0 saturated carbocycles. The lowest BCUT2D eigenvalue weighted by Crippen LogP contribution is -2.48.